The summed E-state index contributed by atoms with van der Waals surface area (Å²) in [5, 5.41) is 8.74. The largest absolute Gasteiger partial charge is 0.489 e. The summed E-state index contributed by atoms with van der Waals surface area (Å²) in [7, 11) is 0. The van der Waals surface area contributed by atoms with Gasteiger partial charge in [0.25, 0.3) is 5.91 Å². The molecule has 0 saturated carbocycles. The normalized spacial score (nSPS) is 15.2. The number of benzene rings is 2. The number of carboxylic acid groups (broad SMARTS) is 1. The van der Waals surface area contributed by atoms with Gasteiger partial charge in [0, 0.05) is 13.0 Å². The summed E-state index contributed by atoms with van der Waals surface area (Å²) >= 11 is 6.50. The number of aliphatic carboxylic acids is 1. The molecule has 1 saturated heterocycles. The van der Waals surface area contributed by atoms with Gasteiger partial charge >= 0.3 is 5.97 Å². The van der Waals surface area contributed by atoms with E-state index in [1.165, 1.54) is 22.2 Å². The Balaban J connectivity index is 1.58. The molecule has 0 unspecified atom stereocenters. The van der Waals surface area contributed by atoms with Gasteiger partial charge in [-0.2, -0.15) is 0 Å². The minimum absolute atomic E-state index is 0.0140. The topological polar surface area (TPSA) is 66.8 Å². The van der Waals surface area contributed by atoms with Gasteiger partial charge in [0.2, 0.25) is 0 Å². The van der Waals surface area contributed by atoms with Crippen LogP contribution in [0.4, 0.5) is 0 Å². The predicted molar refractivity (Wildman–Crippen MR) is 119 cm³/mol. The Morgan fingerprint density at radius 2 is 1.86 bits per heavy atom. The van der Waals surface area contributed by atoms with E-state index >= 15 is 0 Å². The first-order valence-electron chi connectivity index (χ1n) is 9.18. The molecule has 1 N–H and O–H groups in total. The second-order valence-corrected chi connectivity index (χ2v) is 8.35. The number of carboxylic acids is 1. The molecular formula is C22H21NO4S2. The molecule has 1 heterocycles. The fraction of sp³-hybridized carbons (Fsp3) is 0.227. The molecule has 7 heteroatoms. The number of thioether (sulfide) groups is 1. The minimum atomic E-state index is -0.879. The van der Waals surface area contributed by atoms with Gasteiger partial charge in [-0.25, -0.2) is 0 Å². The Kier molecular flexibility index (Phi) is 7.06. The molecule has 0 spiro atoms. The zero-order valence-corrected chi connectivity index (χ0v) is 17.6. The first-order chi connectivity index (χ1) is 13.9. The van der Waals surface area contributed by atoms with Gasteiger partial charge in [0.05, 0.1) is 4.91 Å². The molecule has 150 valence electrons. The SMILES string of the molecule is Cc1ccc(COc2ccc(C=C3SC(=S)N(CCCC(=O)O)C3=O)cc2)cc1. The van der Waals surface area contributed by atoms with Gasteiger partial charge in [0.15, 0.2) is 0 Å². The van der Waals surface area contributed by atoms with E-state index in [4.69, 9.17) is 22.1 Å². The van der Waals surface area contributed by atoms with Crippen LogP contribution in [0.3, 0.4) is 0 Å². The van der Waals surface area contributed by atoms with Crippen molar-refractivity contribution in [2.45, 2.75) is 26.4 Å². The number of carbonyl (C=O) groups is 2. The van der Waals surface area contributed by atoms with Crippen molar-refractivity contribution in [1.29, 1.82) is 0 Å². The molecule has 29 heavy (non-hydrogen) atoms. The Labute approximate surface area is 179 Å². The molecule has 5 nitrogen and oxygen atoms in total. The lowest BCUT2D eigenvalue weighted by Crippen LogP contribution is -2.29. The third kappa shape index (κ3) is 5.92. The molecule has 0 aromatic heterocycles. The molecule has 0 aliphatic carbocycles. The molecule has 1 fully saturated rings. The molecule has 2 aromatic rings. The van der Waals surface area contributed by atoms with Crippen LogP contribution < -0.4 is 4.74 Å². The molecule has 1 aliphatic heterocycles. The average molecular weight is 428 g/mol. The van der Waals surface area contributed by atoms with Gasteiger partial charge in [-0.1, -0.05) is 65.9 Å². The van der Waals surface area contributed by atoms with Crippen molar-refractivity contribution < 1.29 is 19.4 Å². The fourth-order valence-electron chi connectivity index (χ4n) is 2.74. The number of ether oxygens (including phenoxy) is 1. The number of hydrogen-bond acceptors (Lipinski definition) is 5. The van der Waals surface area contributed by atoms with Crippen molar-refractivity contribution in [3.8, 4) is 5.75 Å². The van der Waals surface area contributed by atoms with Crippen molar-refractivity contribution in [2.75, 3.05) is 6.54 Å². The summed E-state index contributed by atoms with van der Waals surface area (Å²) in [6.45, 7) is 2.86. The smallest absolute Gasteiger partial charge is 0.303 e. The van der Waals surface area contributed by atoms with Crippen molar-refractivity contribution in [1.82, 2.24) is 4.90 Å². The summed E-state index contributed by atoms with van der Waals surface area (Å²) in [4.78, 5) is 25.2. The molecule has 1 aliphatic rings. The second kappa shape index (κ2) is 9.71. The van der Waals surface area contributed by atoms with Crippen LogP contribution in [0.5, 0.6) is 5.75 Å². The van der Waals surface area contributed by atoms with Gasteiger partial charge in [-0.15, -0.1) is 0 Å². The van der Waals surface area contributed by atoms with Gasteiger partial charge in [0.1, 0.15) is 16.7 Å². The lowest BCUT2D eigenvalue weighted by atomic mass is 10.1. The molecule has 1 amide bonds. The van der Waals surface area contributed by atoms with E-state index in [1.54, 1.807) is 6.08 Å². The summed E-state index contributed by atoms with van der Waals surface area (Å²) < 4.78 is 6.27. The number of aryl methyl sites for hydroxylation is 1. The molecule has 0 bridgehead atoms. The Morgan fingerprint density at radius 3 is 2.52 bits per heavy atom. The van der Waals surface area contributed by atoms with Crippen molar-refractivity contribution in [3.05, 3.63) is 70.1 Å². The zero-order valence-electron chi connectivity index (χ0n) is 16.0. The zero-order chi connectivity index (χ0) is 20.8. The van der Waals surface area contributed by atoms with E-state index in [0.29, 0.717) is 28.8 Å². The first kappa shape index (κ1) is 21.1. The highest BCUT2D eigenvalue weighted by atomic mass is 32.2. The third-order valence-electron chi connectivity index (χ3n) is 4.35. The maximum absolute atomic E-state index is 12.5. The number of rotatable bonds is 8. The lowest BCUT2D eigenvalue weighted by Gasteiger charge is -2.13. The number of amides is 1. The van der Waals surface area contributed by atoms with Crippen LogP contribution in [0.1, 0.15) is 29.5 Å². The van der Waals surface area contributed by atoms with Gasteiger partial charge < -0.3 is 9.84 Å². The molecule has 3 rings (SSSR count). The van der Waals surface area contributed by atoms with Crippen LogP contribution in [0.2, 0.25) is 0 Å². The highest BCUT2D eigenvalue weighted by Crippen LogP contribution is 2.33. The minimum Gasteiger partial charge on any atom is -0.489 e. The van der Waals surface area contributed by atoms with E-state index in [0.717, 1.165) is 16.9 Å². The lowest BCUT2D eigenvalue weighted by molar-refractivity contribution is -0.137. The quantitative estimate of drug-likeness (QED) is 0.489. The van der Waals surface area contributed by atoms with Crippen LogP contribution >= 0.6 is 24.0 Å². The monoisotopic (exact) mass is 427 g/mol. The fourth-order valence-corrected chi connectivity index (χ4v) is 4.05. The molecular weight excluding hydrogens is 406 g/mol. The Bertz CT molecular complexity index is 936. The molecule has 0 radical (unpaired) electrons. The standard InChI is InChI=1S/C22H21NO4S2/c1-15-4-6-17(7-5-15)14-27-18-10-8-16(9-11-18)13-19-21(26)23(22(28)29-19)12-2-3-20(24)25/h4-11,13H,2-3,12,14H2,1H3,(H,24,25). The van der Waals surface area contributed by atoms with Gasteiger partial charge in [-0.05, 0) is 42.7 Å². The van der Waals surface area contributed by atoms with Crippen LogP contribution in [-0.2, 0) is 16.2 Å². The molecule has 0 atom stereocenters. The van der Waals surface area contributed by atoms with E-state index < -0.39 is 5.97 Å². The number of hydrogen-bond donors (Lipinski definition) is 1. The highest BCUT2D eigenvalue weighted by Gasteiger charge is 2.31. The number of carbonyl (C=O) groups excluding carboxylic acids is 1. The number of nitrogens with zero attached hydrogens (tertiary/aromatic N) is 1. The van der Waals surface area contributed by atoms with Crippen LogP contribution in [0.25, 0.3) is 6.08 Å². The maximum Gasteiger partial charge on any atom is 0.303 e. The van der Waals surface area contributed by atoms with Crippen molar-refractivity contribution >= 4 is 46.3 Å². The van der Waals surface area contributed by atoms with E-state index in [2.05, 4.69) is 12.1 Å². The Morgan fingerprint density at radius 1 is 1.17 bits per heavy atom. The summed E-state index contributed by atoms with van der Waals surface area (Å²) in [6, 6.07) is 15.7. The highest BCUT2D eigenvalue weighted by molar-refractivity contribution is 8.26. The van der Waals surface area contributed by atoms with Crippen molar-refractivity contribution in [2.24, 2.45) is 0 Å². The maximum atomic E-state index is 12.5. The van der Waals surface area contributed by atoms with E-state index in [1.807, 2.05) is 43.3 Å². The number of thiocarbonyl (C=S) groups is 1. The first-order valence-corrected chi connectivity index (χ1v) is 10.4. The van der Waals surface area contributed by atoms with E-state index in [-0.39, 0.29) is 12.3 Å². The van der Waals surface area contributed by atoms with Crippen molar-refractivity contribution in [3.63, 3.8) is 0 Å². The van der Waals surface area contributed by atoms with Gasteiger partial charge in [-0.3, -0.25) is 14.5 Å². The molecule has 2 aromatic carbocycles. The summed E-state index contributed by atoms with van der Waals surface area (Å²) in [6.07, 6.45) is 2.18. The van der Waals surface area contributed by atoms with Crippen LogP contribution in [-0.4, -0.2) is 32.7 Å². The second-order valence-electron chi connectivity index (χ2n) is 6.67. The van der Waals surface area contributed by atoms with Crippen LogP contribution in [0.15, 0.2) is 53.4 Å². The Hall–Kier alpha value is -2.64. The third-order valence-corrected chi connectivity index (χ3v) is 5.73. The average Bonchev–Trinajstić information content (AvgIpc) is 2.96. The predicted octanol–water partition coefficient (Wildman–Crippen LogP) is 4.64. The summed E-state index contributed by atoms with van der Waals surface area (Å²) in [5.74, 6) is -0.301. The van der Waals surface area contributed by atoms with Crippen LogP contribution in [0, 0.1) is 6.92 Å². The van der Waals surface area contributed by atoms with E-state index in [9.17, 15) is 9.59 Å². The summed E-state index contributed by atoms with van der Waals surface area (Å²) in [5.41, 5.74) is 3.19.